The Morgan fingerprint density at radius 3 is 2.35 bits per heavy atom. The molecule has 31 heavy (non-hydrogen) atoms. The molecule has 1 aliphatic rings. The summed E-state index contributed by atoms with van der Waals surface area (Å²) in [6.07, 6.45) is -8.33. The third-order valence-electron chi connectivity index (χ3n) is 5.61. The van der Waals surface area contributed by atoms with E-state index in [-0.39, 0.29) is 35.4 Å². The second-order valence-corrected chi connectivity index (χ2v) is 8.06. The van der Waals surface area contributed by atoms with Crippen molar-refractivity contribution in [2.45, 2.75) is 57.6 Å². The van der Waals surface area contributed by atoms with Crippen molar-refractivity contribution in [3.05, 3.63) is 52.4 Å². The van der Waals surface area contributed by atoms with Gasteiger partial charge in [0.1, 0.15) is 17.2 Å². The van der Waals surface area contributed by atoms with Crippen LogP contribution in [0, 0.1) is 10.6 Å². The van der Waals surface area contributed by atoms with Crippen molar-refractivity contribution in [1.29, 1.82) is 0 Å². The summed E-state index contributed by atoms with van der Waals surface area (Å²) in [6.45, 7) is 3.39. The van der Waals surface area contributed by atoms with Crippen LogP contribution in [0.1, 0.15) is 42.8 Å². The Hall–Kier alpha value is -2.63. The van der Waals surface area contributed by atoms with Crippen LogP contribution in [0.25, 0.3) is 0 Å². The van der Waals surface area contributed by atoms with E-state index in [9.17, 15) is 36.7 Å². The van der Waals surface area contributed by atoms with Crippen molar-refractivity contribution in [3.8, 4) is 0 Å². The highest BCUT2D eigenvalue weighted by Gasteiger charge is 2.48. The zero-order chi connectivity index (χ0) is 23.2. The molecule has 1 saturated carbocycles. The van der Waals surface area contributed by atoms with Gasteiger partial charge in [0.15, 0.2) is 12.4 Å². The smallest absolute Gasteiger partial charge is 0.421 e. The predicted octanol–water partition coefficient (Wildman–Crippen LogP) is 3.50. The molecule has 2 N–H and O–H groups in total. The molecule has 2 aromatic rings. The molecule has 3 rings (SSSR count). The number of anilines is 1. The fourth-order valence-corrected chi connectivity index (χ4v) is 3.41. The number of aryl methyl sites for hydroxylation is 2. The Morgan fingerprint density at radius 1 is 1.16 bits per heavy atom. The largest absolute Gasteiger partial charge is 0.619 e. The lowest BCUT2D eigenvalue weighted by Crippen LogP contribution is -2.57. The standard InChI is InChI=1S/C19H20F6N4O2/c1-17(2)13(7-14(17)30)27-16-12(19(23,24)25)8-26-15(28-16)4-3-10-9-29(31)6-5-11(10)18(20,21)22/h5-6,8-9,13-14,30H,3-4,7H2,1-2H3,(H,26,27,28)/t13-,14-/m1/s1. The lowest BCUT2D eigenvalue weighted by molar-refractivity contribution is -0.606. The molecule has 0 amide bonds. The number of halogens is 6. The van der Waals surface area contributed by atoms with E-state index in [2.05, 4.69) is 15.3 Å². The Bertz CT molecular complexity index is 961. The first-order valence-corrected chi connectivity index (χ1v) is 9.36. The molecule has 0 spiro atoms. The van der Waals surface area contributed by atoms with Gasteiger partial charge in [-0.2, -0.15) is 31.1 Å². The Kier molecular flexibility index (Phi) is 5.80. The molecule has 0 unspecified atom stereocenters. The number of pyridine rings is 1. The summed E-state index contributed by atoms with van der Waals surface area (Å²) >= 11 is 0. The summed E-state index contributed by atoms with van der Waals surface area (Å²) in [4.78, 5) is 7.54. The number of alkyl halides is 6. The maximum Gasteiger partial charge on any atom is 0.421 e. The van der Waals surface area contributed by atoms with Crippen molar-refractivity contribution in [2.75, 3.05) is 5.32 Å². The monoisotopic (exact) mass is 450 g/mol. The predicted molar refractivity (Wildman–Crippen MR) is 96.7 cm³/mol. The average molecular weight is 450 g/mol. The minimum Gasteiger partial charge on any atom is -0.619 e. The summed E-state index contributed by atoms with van der Waals surface area (Å²) in [5, 5.41) is 23.9. The van der Waals surface area contributed by atoms with Gasteiger partial charge in [0.05, 0.1) is 11.7 Å². The third kappa shape index (κ3) is 4.83. The fourth-order valence-electron chi connectivity index (χ4n) is 3.41. The second kappa shape index (κ2) is 7.81. The van der Waals surface area contributed by atoms with Gasteiger partial charge in [0.25, 0.3) is 0 Å². The summed E-state index contributed by atoms with van der Waals surface area (Å²) < 4.78 is 79.8. The lowest BCUT2D eigenvalue weighted by atomic mass is 9.64. The lowest BCUT2D eigenvalue weighted by Gasteiger charge is -2.49. The van der Waals surface area contributed by atoms with E-state index in [1.807, 2.05) is 0 Å². The number of nitrogens with one attached hydrogen (secondary N) is 1. The van der Waals surface area contributed by atoms with E-state index in [0.717, 1.165) is 12.4 Å². The third-order valence-corrected chi connectivity index (χ3v) is 5.61. The van der Waals surface area contributed by atoms with E-state index in [4.69, 9.17) is 0 Å². The van der Waals surface area contributed by atoms with Crippen molar-refractivity contribution < 1.29 is 36.2 Å². The normalized spacial score (nSPS) is 20.9. The fraction of sp³-hybridized carbons (Fsp3) is 0.526. The number of rotatable bonds is 5. The van der Waals surface area contributed by atoms with Crippen LogP contribution in [0.15, 0.2) is 24.7 Å². The van der Waals surface area contributed by atoms with Crippen molar-refractivity contribution in [1.82, 2.24) is 9.97 Å². The van der Waals surface area contributed by atoms with Crippen LogP contribution in [0.2, 0.25) is 0 Å². The molecule has 6 nitrogen and oxygen atoms in total. The van der Waals surface area contributed by atoms with Gasteiger partial charge >= 0.3 is 12.4 Å². The van der Waals surface area contributed by atoms with Crippen LogP contribution in [0.3, 0.4) is 0 Å². The minimum atomic E-state index is -4.75. The van der Waals surface area contributed by atoms with Crippen LogP contribution < -0.4 is 10.0 Å². The molecule has 12 heteroatoms. The molecule has 1 fully saturated rings. The second-order valence-electron chi connectivity index (χ2n) is 8.06. The van der Waals surface area contributed by atoms with Gasteiger partial charge < -0.3 is 15.6 Å². The van der Waals surface area contributed by atoms with Gasteiger partial charge in [0, 0.05) is 35.7 Å². The average Bonchev–Trinajstić information content (AvgIpc) is 2.64. The van der Waals surface area contributed by atoms with Crippen molar-refractivity contribution >= 4 is 5.82 Å². The molecule has 170 valence electrons. The summed E-state index contributed by atoms with van der Waals surface area (Å²) in [5.74, 6) is -0.604. The molecular formula is C19H20F6N4O2. The first kappa shape index (κ1) is 23.0. The number of aliphatic hydroxyl groups is 1. The van der Waals surface area contributed by atoms with Crippen LogP contribution in [0.4, 0.5) is 32.2 Å². The highest BCUT2D eigenvalue weighted by atomic mass is 19.4. The Balaban J connectivity index is 1.86. The van der Waals surface area contributed by atoms with Gasteiger partial charge in [-0.15, -0.1) is 0 Å². The molecule has 2 aromatic heterocycles. The molecule has 0 saturated heterocycles. The topological polar surface area (TPSA) is 85.0 Å². The Morgan fingerprint density at radius 2 is 1.81 bits per heavy atom. The molecule has 0 aliphatic heterocycles. The summed E-state index contributed by atoms with van der Waals surface area (Å²) in [7, 11) is 0. The molecule has 0 radical (unpaired) electrons. The molecule has 1 aliphatic carbocycles. The van der Waals surface area contributed by atoms with Crippen LogP contribution in [0.5, 0.6) is 0 Å². The van der Waals surface area contributed by atoms with Gasteiger partial charge in [-0.1, -0.05) is 13.8 Å². The van der Waals surface area contributed by atoms with Crippen molar-refractivity contribution in [3.63, 3.8) is 0 Å². The van der Waals surface area contributed by atoms with E-state index in [1.165, 1.54) is 0 Å². The minimum absolute atomic E-state index is 0.109. The van der Waals surface area contributed by atoms with Crippen molar-refractivity contribution in [2.24, 2.45) is 5.41 Å². The molecule has 2 heterocycles. The summed E-state index contributed by atoms with van der Waals surface area (Å²) in [5.41, 5.74) is -3.11. The Labute approximate surface area is 173 Å². The maximum atomic E-state index is 13.4. The summed E-state index contributed by atoms with van der Waals surface area (Å²) in [6, 6.07) is 0.170. The van der Waals surface area contributed by atoms with Crippen LogP contribution in [-0.2, 0) is 25.2 Å². The number of aliphatic hydroxyl groups excluding tert-OH is 1. The van der Waals surface area contributed by atoms with E-state index >= 15 is 0 Å². The van der Waals surface area contributed by atoms with Gasteiger partial charge in [0.2, 0.25) is 0 Å². The first-order valence-electron chi connectivity index (χ1n) is 9.36. The molecule has 2 atom stereocenters. The number of aromatic nitrogens is 3. The molecular weight excluding hydrogens is 430 g/mol. The van der Waals surface area contributed by atoms with E-state index in [0.29, 0.717) is 12.3 Å². The van der Waals surface area contributed by atoms with E-state index in [1.54, 1.807) is 13.8 Å². The number of hydrogen-bond acceptors (Lipinski definition) is 5. The van der Waals surface area contributed by atoms with Gasteiger partial charge in [-0.05, 0) is 12.8 Å². The maximum absolute atomic E-state index is 13.4. The van der Waals surface area contributed by atoms with E-state index < -0.39 is 46.9 Å². The van der Waals surface area contributed by atoms with Crippen LogP contribution in [-0.4, -0.2) is 27.2 Å². The highest BCUT2D eigenvalue weighted by molar-refractivity contribution is 5.47. The molecule has 0 aromatic carbocycles. The number of nitrogens with zero attached hydrogens (tertiary/aromatic N) is 3. The highest BCUT2D eigenvalue weighted by Crippen LogP contribution is 2.43. The van der Waals surface area contributed by atoms with Gasteiger partial charge in [-0.3, -0.25) is 0 Å². The van der Waals surface area contributed by atoms with Gasteiger partial charge in [-0.25, -0.2) is 9.97 Å². The molecule has 0 bridgehead atoms. The quantitative estimate of drug-likeness (QED) is 0.414. The SMILES string of the molecule is CC1(C)[C@H](O)C[C@H]1Nc1nc(CCc2c[n+]([O-])ccc2C(F)(F)F)ncc1C(F)(F)F. The zero-order valence-electron chi connectivity index (χ0n) is 16.6. The number of hydrogen-bond donors (Lipinski definition) is 2. The van der Waals surface area contributed by atoms with Crippen LogP contribution >= 0.6 is 0 Å². The zero-order valence-corrected chi connectivity index (χ0v) is 16.6. The first-order chi connectivity index (χ1) is 14.2.